The summed E-state index contributed by atoms with van der Waals surface area (Å²) in [5.41, 5.74) is 2.09. The number of benzene rings is 3. The number of aromatic amines is 1. The zero-order valence-electron chi connectivity index (χ0n) is 19.8. The first-order valence-electron chi connectivity index (χ1n) is 11.7. The Morgan fingerprint density at radius 2 is 1.94 bits per heavy atom. The molecule has 1 atom stereocenters. The van der Waals surface area contributed by atoms with Gasteiger partial charge in [-0.15, -0.1) is 0 Å². The third-order valence-electron chi connectivity index (χ3n) is 6.28. The van der Waals surface area contributed by atoms with Gasteiger partial charge in [0.25, 0.3) is 5.91 Å². The lowest BCUT2D eigenvalue weighted by Crippen LogP contribution is -2.48. The number of piperidine rings is 1. The lowest BCUT2D eigenvalue weighted by Gasteiger charge is -2.39. The molecule has 3 N–H and O–H groups in total. The largest absolute Gasteiger partial charge is 0.486 e. The number of hydrogen-bond acceptors (Lipinski definition) is 5. The number of ether oxygens (including phenoxy) is 1. The number of likely N-dealkylation sites (tertiary alicyclic amines) is 1. The lowest BCUT2D eigenvalue weighted by atomic mass is 9.95. The zero-order valence-corrected chi connectivity index (χ0v) is 19.8. The van der Waals surface area contributed by atoms with Crippen molar-refractivity contribution in [1.29, 1.82) is 0 Å². The van der Waals surface area contributed by atoms with Crippen LogP contribution in [0.3, 0.4) is 0 Å². The van der Waals surface area contributed by atoms with Gasteiger partial charge in [-0.25, -0.2) is 4.39 Å². The molecule has 1 saturated heterocycles. The van der Waals surface area contributed by atoms with E-state index in [0.29, 0.717) is 22.8 Å². The van der Waals surface area contributed by atoms with Crippen molar-refractivity contribution in [3.05, 3.63) is 78.1 Å². The normalized spacial score (nSPS) is 18.4. The van der Waals surface area contributed by atoms with Crippen molar-refractivity contribution < 1.29 is 13.9 Å². The maximum Gasteiger partial charge on any atom is 0.256 e. The molecule has 4 aromatic rings. The van der Waals surface area contributed by atoms with Crippen molar-refractivity contribution >= 4 is 34.0 Å². The van der Waals surface area contributed by atoms with Gasteiger partial charge in [-0.1, -0.05) is 12.1 Å². The fourth-order valence-electron chi connectivity index (χ4n) is 4.58. The van der Waals surface area contributed by atoms with E-state index in [1.165, 1.54) is 6.07 Å². The number of rotatable bonds is 6. The van der Waals surface area contributed by atoms with Crippen LogP contribution in [-0.4, -0.2) is 46.7 Å². The second kappa shape index (κ2) is 9.38. The Morgan fingerprint density at radius 1 is 1.14 bits per heavy atom. The number of amides is 1. The van der Waals surface area contributed by atoms with Crippen LogP contribution in [0.5, 0.6) is 5.75 Å². The predicted octanol–water partition coefficient (Wildman–Crippen LogP) is 5.56. The molecule has 3 aromatic carbocycles. The summed E-state index contributed by atoms with van der Waals surface area (Å²) in [6.07, 6.45) is 2.11. The summed E-state index contributed by atoms with van der Waals surface area (Å²) in [6.45, 7) is 4.09. The van der Waals surface area contributed by atoms with Gasteiger partial charge in [0.1, 0.15) is 17.2 Å². The minimum Gasteiger partial charge on any atom is -0.486 e. The molecule has 180 valence electrons. The number of nitrogens with zero attached hydrogens (tertiary/aromatic N) is 2. The van der Waals surface area contributed by atoms with E-state index in [1.54, 1.807) is 30.3 Å². The maximum absolute atomic E-state index is 13.9. The molecule has 1 amide bonds. The molecule has 0 unspecified atom stereocenters. The number of hydrogen-bond donors (Lipinski definition) is 3. The third-order valence-corrected chi connectivity index (χ3v) is 6.28. The summed E-state index contributed by atoms with van der Waals surface area (Å²) in [4.78, 5) is 15.1. The summed E-state index contributed by atoms with van der Waals surface area (Å²) >= 11 is 0. The average Bonchev–Trinajstić information content (AvgIpc) is 3.22. The molecule has 1 aliphatic heterocycles. The number of aromatic nitrogens is 2. The van der Waals surface area contributed by atoms with Gasteiger partial charge in [-0.2, -0.15) is 5.10 Å². The molecule has 2 heterocycles. The van der Waals surface area contributed by atoms with Crippen LogP contribution in [0, 0.1) is 5.82 Å². The second-order valence-electron chi connectivity index (χ2n) is 9.31. The first-order chi connectivity index (χ1) is 16.9. The molecule has 1 aromatic heterocycles. The molecule has 0 radical (unpaired) electrons. The molecule has 0 saturated carbocycles. The number of nitrogens with one attached hydrogen (secondary N) is 3. The Morgan fingerprint density at radius 3 is 2.71 bits per heavy atom. The van der Waals surface area contributed by atoms with Gasteiger partial charge >= 0.3 is 0 Å². The molecule has 1 fully saturated rings. The topological polar surface area (TPSA) is 82.3 Å². The molecule has 5 rings (SSSR count). The Kier molecular flexibility index (Phi) is 6.13. The summed E-state index contributed by atoms with van der Waals surface area (Å²) in [5.74, 6) is 0.587. The van der Waals surface area contributed by atoms with E-state index in [0.717, 1.165) is 42.6 Å². The molecule has 7 nitrogen and oxygen atoms in total. The van der Waals surface area contributed by atoms with E-state index in [1.807, 2.05) is 30.3 Å². The molecular formula is C27H28FN5O2. The van der Waals surface area contributed by atoms with Crippen LogP contribution in [0.25, 0.3) is 10.9 Å². The van der Waals surface area contributed by atoms with E-state index >= 15 is 0 Å². The second-order valence-corrected chi connectivity index (χ2v) is 9.31. The van der Waals surface area contributed by atoms with Gasteiger partial charge in [-0.3, -0.25) is 9.89 Å². The van der Waals surface area contributed by atoms with Crippen molar-refractivity contribution in [1.82, 2.24) is 15.1 Å². The van der Waals surface area contributed by atoms with Crippen LogP contribution in [0.1, 0.15) is 30.1 Å². The monoisotopic (exact) mass is 473 g/mol. The highest BCUT2D eigenvalue weighted by Gasteiger charge is 2.31. The minimum absolute atomic E-state index is 0.231. The summed E-state index contributed by atoms with van der Waals surface area (Å²) in [7, 11) is 2.10. The first kappa shape index (κ1) is 22.9. The number of H-pyrrole nitrogens is 1. The standard InChI is InChI=1S/C27H28FN5O2/c1-27(14-5-15-33(2)17-27)35-20-11-8-18(9-12-20)26(34)30-25-21-13-10-19(16-24(21)31-32-25)29-23-7-4-3-6-22(23)28/h3-4,6-13,16,29H,5,14-15,17H2,1-2H3,(H2,30,31,32,34)/t27-/m1/s1. The molecular weight excluding hydrogens is 445 g/mol. The highest BCUT2D eigenvalue weighted by atomic mass is 19.1. The first-order valence-corrected chi connectivity index (χ1v) is 11.7. The quantitative estimate of drug-likeness (QED) is 0.342. The number of anilines is 3. The van der Waals surface area contributed by atoms with Crippen molar-refractivity contribution in [2.24, 2.45) is 0 Å². The Balaban J connectivity index is 1.26. The van der Waals surface area contributed by atoms with Gasteiger partial charge in [-0.05, 0) is 88.0 Å². The molecule has 0 aliphatic carbocycles. The predicted molar refractivity (Wildman–Crippen MR) is 136 cm³/mol. The number of para-hydroxylation sites is 1. The Labute approximate surface area is 203 Å². The Bertz CT molecular complexity index is 1350. The smallest absolute Gasteiger partial charge is 0.256 e. The van der Waals surface area contributed by atoms with Gasteiger partial charge in [0, 0.05) is 23.2 Å². The summed E-state index contributed by atoms with van der Waals surface area (Å²) in [5, 5.41) is 13.9. The highest BCUT2D eigenvalue weighted by molar-refractivity contribution is 6.08. The van der Waals surface area contributed by atoms with Crippen LogP contribution >= 0.6 is 0 Å². The van der Waals surface area contributed by atoms with E-state index < -0.39 is 0 Å². The van der Waals surface area contributed by atoms with Crippen LogP contribution < -0.4 is 15.4 Å². The van der Waals surface area contributed by atoms with E-state index in [9.17, 15) is 9.18 Å². The van der Waals surface area contributed by atoms with Crippen molar-refractivity contribution in [3.63, 3.8) is 0 Å². The molecule has 8 heteroatoms. The van der Waals surface area contributed by atoms with E-state index in [2.05, 4.69) is 39.7 Å². The number of carbonyl (C=O) groups is 1. The fraction of sp³-hybridized carbons (Fsp3) is 0.259. The fourth-order valence-corrected chi connectivity index (χ4v) is 4.58. The van der Waals surface area contributed by atoms with Crippen LogP contribution in [0.15, 0.2) is 66.7 Å². The van der Waals surface area contributed by atoms with Crippen molar-refractivity contribution in [2.75, 3.05) is 30.8 Å². The molecule has 35 heavy (non-hydrogen) atoms. The molecule has 0 bridgehead atoms. The summed E-state index contributed by atoms with van der Waals surface area (Å²) < 4.78 is 20.2. The van der Waals surface area contributed by atoms with Gasteiger partial charge < -0.3 is 20.3 Å². The van der Waals surface area contributed by atoms with Gasteiger partial charge in [0.2, 0.25) is 0 Å². The van der Waals surface area contributed by atoms with Crippen LogP contribution in [-0.2, 0) is 0 Å². The van der Waals surface area contributed by atoms with Gasteiger partial charge in [0.05, 0.1) is 11.2 Å². The van der Waals surface area contributed by atoms with Gasteiger partial charge in [0.15, 0.2) is 5.82 Å². The van der Waals surface area contributed by atoms with Crippen LogP contribution in [0.4, 0.5) is 21.6 Å². The van der Waals surface area contributed by atoms with E-state index in [4.69, 9.17) is 4.74 Å². The maximum atomic E-state index is 13.9. The third kappa shape index (κ3) is 5.12. The van der Waals surface area contributed by atoms with Crippen molar-refractivity contribution in [3.8, 4) is 5.75 Å². The molecule has 0 spiro atoms. The SMILES string of the molecule is CN1CCC[C@@](C)(Oc2ccc(C(=O)Nc3n[nH]c4cc(Nc5ccccc5F)ccc34)cc2)C1. The van der Waals surface area contributed by atoms with Crippen molar-refractivity contribution in [2.45, 2.75) is 25.4 Å². The number of carbonyl (C=O) groups excluding carboxylic acids is 1. The molecule has 1 aliphatic rings. The summed E-state index contributed by atoms with van der Waals surface area (Å²) in [6, 6.07) is 19.1. The van der Waals surface area contributed by atoms with E-state index in [-0.39, 0.29) is 17.3 Å². The van der Waals surface area contributed by atoms with Crippen LogP contribution in [0.2, 0.25) is 0 Å². The number of fused-ring (bicyclic) bond motifs is 1. The minimum atomic E-state index is -0.332. The zero-order chi connectivity index (χ0) is 24.4. The number of halogens is 1. The Hall–Kier alpha value is -3.91. The number of likely N-dealkylation sites (N-methyl/N-ethyl adjacent to an activating group) is 1. The highest BCUT2D eigenvalue weighted by Crippen LogP contribution is 2.29. The average molecular weight is 474 g/mol. The lowest BCUT2D eigenvalue weighted by molar-refractivity contribution is 0.0156.